The number of nitrogens with zero attached hydrogens (tertiary/aromatic N) is 1. The molecule has 1 aliphatic rings. The molecule has 0 spiro atoms. The zero-order valence-corrected chi connectivity index (χ0v) is 11.1. The highest BCUT2D eigenvalue weighted by molar-refractivity contribution is 7.19. The Morgan fingerprint density at radius 3 is 2.61 bits per heavy atom. The number of anilines is 1. The van der Waals surface area contributed by atoms with Crippen LogP contribution in [0.5, 0.6) is 0 Å². The first kappa shape index (κ1) is 11.9. The number of aryl methyl sites for hydroxylation is 1. The molecule has 0 atom stereocenters. The van der Waals surface area contributed by atoms with Gasteiger partial charge in [0.1, 0.15) is 0 Å². The second-order valence-electron chi connectivity index (χ2n) is 4.92. The molecule has 2 aromatic rings. The Kier molecular flexibility index (Phi) is 2.77. The van der Waals surface area contributed by atoms with E-state index in [2.05, 4.69) is 30.0 Å². The van der Waals surface area contributed by atoms with E-state index in [4.69, 9.17) is 0 Å². The van der Waals surface area contributed by atoms with Gasteiger partial charge in [0.25, 0.3) is 5.92 Å². The number of halogens is 2. The van der Waals surface area contributed by atoms with Gasteiger partial charge in [0.05, 0.1) is 0 Å². The lowest BCUT2D eigenvalue weighted by molar-refractivity contribution is -0.0220. The van der Waals surface area contributed by atoms with E-state index in [0.717, 1.165) is 5.69 Å². The molecule has 1 aliphatic heterocycles. The van der Waals surface area contributed by atoms with Gasteiger partial charge in [0.15, 0.2) is 0 Å². The van der Waals surface area contributed by atoms with Gasteiger partial charge in [-0.3, -0.25) is 0 Å². The zero-order valence-electron chi connectivity index (χ0n) is 10.2. The van der Waals surface area contributed by atoms with E-state index in [1.54, 1.807) is 11.3 Å². The second-order valence-corrected chi connectivity index (χ2v) is 6.21. The minimum Gasteiger partial charge on any atom is -0.371 e. The molecule has 0 N–H and O–H groups in total. The number of thiophene rings is 1. The van der Waals surface area contributed by atoms with Crippen LogP contribution in [0, 0.1) is 6.92 Å². The van der Waals surface area contributed by atoms with Gasteiger partial charge in [-0.2, -0.15) is 0 Å². The van der Waals surface area contributed by atoms with E-state index in [1.807, 2.05) is 6.07 Å². The maximum atomic E-state index is 13.1. The Morgan fingerprint density at radius 1 is 1.17 bits per heavy atom. The minimum absolute atomic E-state index is 0.0332. The summed E-state index contributed by atoms with van der Waals surface area (Å²) in [5.41, 5.74) is 1.07. The molecule has 0 radical (unpaired) electrons. The molecule has 3 rings (SSSR count). The molecule has 4 heteroatoms. The molecule has 18 heavy (non-hydrogen) atoms. The van der Waals surface area contributed by atoms with Crippen LogP contribution in [0.3, 0.4) is 0 Å². The van der Waals surface area contributed by atoms with Crippen molar-refractivity contribution in [2.45, 2.75) is 25.7 Å². The van der Waals surface area contributed by atoms with Crippen LogP contribution in [0.1, 0.15) is 17.7 Å². The van der Waals surface area contributed by atoms with Gasteiger partial charge < -0.3 is 4.90 Å². The molecule has 1 aromatic carbocycles. The molecule has 1 fully saturated rings. The van der Waals surface area contributed by atoms with Gasteiger partial charge in [-0.15, -0.1) is 11.3 Å². The van der Waals surface area contributed by atoms with Crippen LogP contribution < -0.4 is 4.90 Å². The van der Waals surface area contributed by atoms with Crippen LogP contribution >= 0.6 is 11.3 Å². The maximum absolute atomic E-state index is 13.1. The first-order valence-corrected chi connectivity index (χ1v) is 6.98. The zero-order chi connectivity index (χ0) is 12.8. The molecule has 1 nitrogen and oxygen atoms in total. The van der Waals surface area contributed by atoms with E-state index in [9.17, 15) is 8.78 Å². The molecule has 1 aromatic heterocycles. The molecular formula is C14H15F2NS. The molecule has 0 amide bonds. The SMILES string of the molecule is Cc1cc2ccc(N3CCC(F)(F)CC3)cc2s1. The van der Waals surface area contributed by atoms with Crippen LogP contribution in [0.15, 0.2) is 24.3 Å². The van der Waals surface area contributed by atoms with E-state index in [-0.39, 0.29) is 12.8 Å². The summed E-state index contributed by atoms with van der Waals surface area (Å²) in [6, 6.07) is 8.41. The van der Waals surface area contributed by atoms with Crippen LogP contribution in [-0.4, -0.2) is 19.0 Å². The average Bonchev–Trinajstić information content (AvgIpc) is 2.68. The normalized spacial score (nSPS) is 19.4. The van der Waals surface area contributed by atoms with Gasteiger partial charge >= 0.3 is 0 Å². The van der Waals surface area contributed by atoms with Crippen molar-refractivity contribution in [1.29, 1.82) is 0 Å². The summed E-state index contributed by atoms with van der Waals surface area (Å²) < 4.78 is 27.5. The van der Waals surface area contributed by atoms with Crippen molar-refractivity contribution in [3.63, 3.8) is 0 Å². The third-order valence-corrected chi connectivity index (χ3v) is 4.50. The monoisotopic (exact) mass is 267 g/mol. The third-order valence-electron chi connectivity index (χ3n) is 3.49. The largest absolute Gasteiger partial charge is 0.371 e. The van der Waals surface area contributed by atoms with Gasteiger partial charge in [-0.05, 0) is 30.5 Å². The fourth-order valence-electron chi connectivity index (χ4n) is 2.44. The van der Waals surface area contributed by atoms with E-state index in [0.29, 0.717) is 13.1 Å². The highest BCUT2D eigenvalue weighted by atomic mass is 32.1. The number of rotatable bonds is 1. The fourth-order valence-corrected chi connectivity index (χ4v) is 3.40. The van der Waals surface area contributed by atoms with Crippen LogP contribution in [0.25, 0.3) is 10.1 Å². The molecular weight excluding hydrogens is 252 g/mol. The molecule has 1 saturated heterocycles. The van der Waals surface area contributed by atoms with Crippen LogP contribution in [-0.2, 0) is 0 Å². The van der Waals surface area contributed by atoms with Crippen molar-refractivity contribution in [1.82, 2.24) is 0 Å². The lowest BCUT2D eigenvalue weighted by Crippen LogP contribution is -2.39. The van der Waals surface area contributed by atoms with Gasteiger partial charge in [0.2, 0.25) is 0 Å². The first-order valence-electron chi connectivity index (χ1n) is 6.16. The number of hydrogen-bond donors (Lipinski definition) is 0. The summed E-state index contributed by atoms with van der Waals surface area (Å²) >= 11 is 1.76. The molecule has 96 valence electrons. The maximum Gasteiger partial charge on any atom is 0.251 e. The molecule has 0 bridgehead atoms. The smallest absolute Gasteiger partial charge is 0.251 e. The summed E-state index contributed by atoms with van der Waals surface area (Å²) in [7, 11) is 0. The van der Waals surface area contributed by atoms with Crippen molar-refractivity contribution >= 4 is 27.1 Å². The summed E-state index contributed by atoms with van der Waals surface area (Å²) in [6.45, 7) is 2.98. The van der Waals surface area contributed by atoms with Crippen molar-refractivity contribution < 1.29 is 8.78 Å². The van der Waals surface area contributed by atoms with E-state index in [1.165, 1.54) is 15.0 Å². The lowest BCUT2D eigenvalue weighted by atomic mass is 10.1. The Hall–Kier alpha value is -1.16. The minimum atomic E-state index is -2.47. The Labute approximate surface area is 109 Å². The molecule has 0 aliphatic carbocycles. The summed E-state index contributed by atoms with van der Waals surface area (Å²) in [6.07, 6.45) is -0.0665. The summed E-state index contributed by atoms with van der Waals surface area (Å²) in [4.78, 5) is 3.35. The molecule has 2 heterocycles. The average molecular weight is 267 g/mol. The lowest BCUT2D eigenvalue weighted by Gasteiger charge is -2.33. The second kappa shape index (κ2) is 4.19. The number of piperidine rings is 1. The van der Waals surface area contributed by atoms with Crippen molar-refractivity contribution in [3.05, 3.63) is 29.1 Å². The van der Waals surface area contributed by atoms with Gasteiger partial charge in [0, 0.05) is 41.2 Å². The van der Waals surface area contributed by atoms with Gasteiger partial charge in [-0.25, -0.2) is 8.78 Å². The van der Waals surface area contributed by atoms with E-state index < -0.39 is 5.92 Å². The van der Waals surface area contributed by atoms with Gasteiger partial charge in [-0.1, -0.05) is 6.07 Å². The van der Waals surface area contributed by atoms with Crippen molar-refractivity contribution in [2.75, 3.05) is 18.0 Å². The topological polar surface area (TPSA) is 3.24 Å². The number of alkyl halides is 2. The third kappa shape index (κ3) is 2.21. The predicted molar refractivity (Wildman–Crippen MR) is 73.0 cm³/mol. The Balaban J connectivity index is 1.86. The summed E-state index contributed by atoms with van der Waals surface area (Å²) in [5, 5.41) is 1.24. The van der Waals surface area contributed by atoms with Crippen LogP contribution in [0.2, 0.25) is 0 Å². The number of benzene rings is 1. The predicted octanol–water partition coefficient (Wildman–Crippen LogP) is 4.45. The molecule has 0 unspecified atom stereocenters. The number of hydrogen-bond acceptors (Lipinski definition) is 2. The van der Waals surface area contributed by atoms with Crippen molar-refractivity contribution in [2.24, 2.45) is 0 Å². The first-order chi connectivity index (χ1) is 8.53. The van der Waals surface area contributed by atoms with E-state index >= 15 is 0 Å². The standard InChI is InChI=1S/C14H15F2NS/c1-10-8-11-2-3-12(9-13(11)18-10)17-6-4-14(15,16)5-7-17/h2-3,8-9H,4-7H2,1H3. The summed E-state index contributed by atoms with van der Waals surface area (Å²) in [5.74, 6) is -2.47. The quantitative estimate of drug-likeness (QED) is 0.738. The fraction of sp³-hybridized carbons (Fsp3) is 0.429. The Morgan fingerprint density at radius 2 is 1.89 bits per heavy atom. The van der Waals surface area contributed by atoms with Crippen molar-refractivity contribution in [3.8, 4) is 0 Å². The van der Waals surface area contributed by atoms with Crippen LogP contribution in [0.4, 0.5) is 14.5 Å². The molecule has 0 saturated carbocycles. The Bertz CT molecular complexity index is 566. The number of fused-ring (bicyclic) bond motifs is 1. The highest BCUT2D eigenvalue weighted by Gasteiger charge is 2.34. The highest BCUT2D eigenvalue weighted by Crippen LogP contribution is 2.33.